The van der Waals surface area contributed by atoms with E-state index in [1.807, 2.05) is 16.8 Å². The zero-order chi connectivity index (χ0) is 7.26. The molecule has 0 aromatic carbocycles. The number of fused-ring (bicyclic) bond motifs is 4. The number of thiazole rings is 1. The molecule has 1 fully saturated rings. The third-order valence-electron chi connectivity index (χ3n) is 2.49. The van der Waals surface area contributed by atoms with Crippen LogP contribution in [-0.4, -0.2) is 10.2 Å². The molecule has 1 nitrogen and oxygen atoms in total. The minimum Gasteiger partial charge on any atom is -0.249 e. The molecule has 1 aromatic rings. The van der Waals surface area contributed by atoms with Crippen molar-refractivity contribution in [3.8, 4) is 0 Å². The van der Waals surface area contributed by atoms with E-state index in [0.717, 1.165) is 10.5 Å². The van der Waals surface area contributed by atoms with Gasteiger partial charge >= 0.3 is 0 Å². The van der Waals surface area contributed by atoms with E-state index in [-0.39, 0.29) is 0 Å². The fraction of sp³-hybridized carbons (Fsp3) is 0.625. The van der Waals surface area contributed by atoms with E-state index in [0.29, 0.717) is 0 Å². The van der Waals surface area contributed by atoms with Gasteiger partial charge in [0.05, 0.1) is 11.2 Å². The van der Waals surface area contributed by atoms with Crippen molar-refractivity contribution in [2.24, 2.45) is 0 Å². The number of hydrogen-bond donors (Lipinski definition) is 0. The van der Waals surface area contributed by atoms with Crippen molar-refractivity contribution < 1.29 is 0 Å². The molecule has 3 heteroatoms. The molecule has 1 saturated heterocycles. The predicted octanol–water partition coefficient (Wildman–Crippen LogP) is 2.64. The Balaban J connectivity index is 2.12. The maximum atomic E-state index is 4.40. The minimum atomic E-state index is 0.816. The molecule has 2 unspecified atom stereocenters. The maximum absolute atomic E-state index is 4.40. The van der Waals surface area contributed by atoms with Gasteiger partial charge in [-0.1, -0.05) is 0 Å². The van der Waals surface area contributed by atoms with Crippen LogP contribution in [-0.2, 0) is 6.42 Å². The summed E-state index contributed by atoms with van der Waals surface area (Å²) in [6.07, 6.45) is 4.04. The topological polar surface area (TPSA) is 12.9 Å². The molecule has 2 bridgehead atoms. The van der Waals surface area contributed by atoms with Crippen molar-refractivity contribution >= 4 is 23.1 Å². The first-order chi connectivity index (χ1) is 5.43. The molecule has 0 saturated carbocycles. The second kappa shape index (κ2) is 2.23. The van der Waals surface area contributed by atoms with Gasteiger partial charge in [-0.15, -0.1) is 23.1 Å². The Morgan fingerprint density at radius 1 is 1.45 bits per heavy atom. The fourth-order valence-electron chi connectivity index (χ4n) is 1.96. The first-order valence-corrected chi connectivity index (χ1v) is 5.83. The normalized spacial score (nSPS) is 33.8. The van der Waals surface area contributed by atoms with Crippen LogP contribution in [0.3, 0.4) is 0 Å². The van der Waals surface area contributed by atoms with Gasteiger partial charge in [0, 0.05) is 21.8 Å². The molecule has 3 heterocycles. The lowest BCUT2D eigenvalue weighted by Crippen LogP contribution is -2.07. The summed E-state index contributed by atoms with van der Waals surface area (Å²) >= 11 is 4.02. The Labute approximate surface area is 74.2 Å². The second-order valence-electron chi connectivity index (χ2n) is 3.19. The number of hydrogen-bond acceptors (Lipinski definition) is 3. The van der Waals surface area contributed by atoms with Crippen molar-refractivity contribution in [3.05, 3.63) is 16.1 Å². The maximum Gasteiger partial charge on any atom is 0.0798 e. The van der Waals surface area contributed by atoms with Gasteiger partial charge in [0.2, 0.25) is 0 Å². The molecule has 3 rings (SSSR count). The van der Waals surface area contributed by atoms with Gasteiger partial charge in [-0.2, -0.15) is 0 Å². The number of aromatic nitrogens is 1. The van der Waals surface area contributed by atoms with Crippen LogP contribution in [0, 0.1) is 0 Å². The third-order valence-corrected chi connectivity index (χ3v) is 5.21. The summed E-state index contributed by atoms with van der Waals surface area (Å²) in [6, 6.07) is 0. The number of thioether (sulfide) groups is 1. The van der Waals surface area contributed by atoms with E-state index in [9.17, 15) is 0 Å². The van der Waals surface area contributed by atoms with Crippen LogP contribution in [0.1, 0.15) is 28.7 Å². The van der Waals surface area contributed by atoms with Crippen molar-refractivity contribution in [2.45, 2.75) is 29.8 Å². The standard InChI is InChI=1S/C8H9NS2/c1-2-7-8-6(9-4-10-8)3-5(1)11-7/h4-5,7H,1-3H2. The summed E-state index contributed by atoms with van der Waals surface area (Å²) in [7, 11) is 0. The van der Waals surface area contributed by atoms with Crippen LogP contribution in [0.15, 0.2) is 5.51 Å². The summed E-state index contributed by atoms with van der Waals surface area (Å²) in [6.45, 7) is 0. The van der Waals surface area contributed by atoms with Gasteiger partial charge in [-0.25, -0.2) is 4.98 Å². The average molecular weight is 183 g/mol. The van der Waals surface area contributed by atoms with Crippen LogP contribution in [0.2, 0.25) is 0 Å². The SMILES string of the molecule is c1nc2c(s1)C1CCC(C2)S1. The molecule has 1 aromatic heterocycles. The Hall–Kier alpha value is -0.0200. The van der Waals surface area contributed by atoms with E-state index >= 15 is 0 Å². The highest BCUT2D eigenvalue weighted by Crippen LogP contribution is 2.52. The molecule has 0 N–H and O–H groups in total. The fourth-order valence-corrected chi connectivity index (χ4v) is 4.65. The van der Waals surface area contributed by atoms with Crippen molar-refractivity contribution in [1.82, 2.24) is 4.98 Å². The molecule has 58 valence electrons. The Kier molecular flexibility index (Phi) is 1.32. The van der Waals surface area contributed by atoms with Crippen LogP contribution < -0.4 is 0 Å². The zero-order valence-corrected chi connectivity index (χ0v) is 7.75. The van der Waals surface area contributed by atoms with Gasteiger partial charge in [0.15, 0.2) is 0 Å². The van der Waals surface area contributed by atoms with Gasteiger partial charge in [-0.05, 0) is 12.8 Å². The van der Waals surface area contributed by atoms with Gasteiger partial charge in [-0.3, -0.25) is 0 Å². The van der Waals surface area contributed by atoms with Crippen molar-refractivity contribution in [2.75, 3.05) is 0 Å². The van der Waals surface area contributed by atoms with E-state index in [1.54, 1.807) is 4.88 Å². The summed E-state index contributed by atoms with van der Waals surface area (Å²) in [5, 5.41) is 1.71. The predicted molar refractivity (Wildman–Crippen MR) is 49.2 cm³/mol. The molecule has 11 heavy (non-hydrogen) atoms. The molecule has 2 aliphatic heterocycles. The molecule has 2 atom stereocenters. The molecule has 0 amide bonds. The van der Waals surface area contributed by atoms with Crippen LogP contribution in [0.25, 0.3) is 0 Å². The van der Waals surface area contributed by atoms with Crippen LogP contribution in [0.5, 0.6) is 0 Å². The van der Waals surface area contributed by atoms with E-state index in [1.165, 1.54) is 25.0 Å². The Bertz CT molecular complexity index is 281. The number of rotatable bonds is 0. The summed E-state index contributed by atoms with van der Waals surface area (Å²) in [5.41, 5.74) is 3.41. The van der Waals surface area contributed by atoms with E-state index in [4.69, 9.17) is 0 Å². The third kappa shape index (κ3) is 0.873. The van der Waals surface area contributed by atoms with Crippen LogP contribution in [0.4, 0.5) is 0 Å². The highest BCUT2D eigenvalue weighted by Gasteiger charge is 2.34. The van der Waals surface area contributed by atoms with E-state index in [2.05, 4.69) is 16.7 Å². The van der Waals surface area contributed by atoms with Gasteiger partial charge in [0.25, 0.3) is 0 Å². The van der Waals surface area contributed by atoms with E-state index < -0.39 is 0 Å². The monoisotopic (exact) mass is 183 g/mol. The van der Waals surface area contributed by atoms with Gasteiger partial charge < -0.3 is 0 Å². The second-order valence-corrected chi connectivity index (χ2v) is 5.59. The lowest BCUT2D eigenvalue weighted by Gasteiger charge is -2.16. The molecule has 0 aliphatic carbocycles. The zero-order valence-electron chi connectivity index (χ0n) is 6.12. The summed E-state index contributed by atoms with van der Waals surface area (Å²) < 4.78 is 0. The molecule has 0 radical (unpaired) electrons. The average Bonchev–Trinajstić information content (AvgIpc) is 2.58. The molecule has 2 aliphatic rings. The van der Waals surface area contributed by atoms with Crippen LogP contribution >= 0.6 is 23.1 Å². The Morgan fingerprint density at radius 3 is 3.45 bits per heavy atom. The molecular weight excluding hydrogens is 174 g/mol. The first kappa shape index (κ1) is 6.49. The number of nitrogens with zero attached hydrogens (tertiary/aromatic N) is 1. The molecule has 0 spiro atoms. The molecular formula is C8H9NS2. The quantitative estimate of drug-likeness (QED) is 0.613. The largest absolute Gasteiger partial charge is 0.249 e. The minimum absolute atomic E-state index is 0.816. The Morgan fingerprint density at radius 2 is 2.45 bits per heavy atom. The van der Waals surface area contributed by atoms with Gasteiger partial charge in [0.1, 0.15) is 0 Å². The summed E-state index contributed by atoms with van der Waals surface area (Å²) in [5.74, 6) is 0. The first-order valence-electron chi connectivity index (χ1n) is 4.01. The van der Waals surface area contributed by atoms with Crippen molar-refractivity contribution in [1.29, 1.82) is 0 Å². The smallest absolute Gasteiger partial charge is 0.0798 e. The highest BCUT2D eigenvalue weighted by atomic mass is 32.2. The summed E-state index contributed by atoms with van der Waals surface area (Å²) in [4.78, 5) is 5.98. The lowest BCUT2D eigenvalue weighted by molar-refractivity contribution is 0.765. The van der Waals surface area contributed by atoms with Crippen molar-refractivity contribution in [3.63, 3.8) is 0 Å². The lowest BCUT2D eigenvalue weighted by atomic mass is 10.2. The highest BCUT2D eigenvalue weighted by molar-refractivity contribution is 8.00.